The smallest absolute Gasteiger partial charge is 0.165 e. The molecule has 4 rings (SSSR count). The topological polar surface area (TPSA) is 18.5 Å². The van der Waals surface area contributed by atoms with Crippen molar-refractivity contribution >= 4 is 0 Å². The van der Waals surface area contributed by atoms with Crippen molar-refractivity contribution in [3.05, 3.63) is 102 Å². The van der Waals surface area contributed by atoms with Gasteiger partial charge in [-0.2, -0.15) is 0 Å². The fourth-order valence-electron chi connectivity index (χ4n) is 3.73. The summed E-state index contributed by atoms with van der Waals surface area (Å²) < 4.78 is 40.6. The zero-order valence-electron chi connectivity index (χ0n) is 17.6. The normalized spacial score (nSPS) is 14.9. The van der Waals surface area contributed by atoms with Gasteiger partial charge in [-0.15, -0.1) is 0 Å². The maximum atomic E-state index is 15.2. The molecule has 1 saturated carbocycles. The Balaban J connectivity index is 1.49. The number of ether oxygens (including phenoxy) is 2. The predicted molar refractivity (Wildman–Crippen MR) is 119 cm³/mol. The van der Waals surface area contributed by atoms with Crippen molar-refractivity contribution in [2.45, 2.75) is 32.1 Å². The van der Waals surface area contributed by atoms with E-state index in [2.05, 4.69) is 0 Å². The van der Waals surface area contributed by atoms with E-state index in [0.717, 1.165) is 29.7 Å². The highest BCUT2D eigenvalue weighted by atomic mass is 19.1. The van der Waals surface area contributed by atoms with Crippen molar-refractivity contribution in [1.82, 2.24) is 0 Å². The lowest BCUT2D eigenvalue weighted by Gasteiger charge is -2.16. The van der Waals surface area contributed by atoms with E-state index in [1.165, 1.54) is 6.07 Å². The average molecular weight is 420 g/mol. The second-order valence-corrected chi connectivity index (χ2v) is 7.79. The second kappa shape index (κ2) is 9.78. The average Bonchev–Trinajstić information content (AvgIpc) is 3.62. The molecule has 0 saturated heterocycles. The zero-order chi connectivity index (χ0) is 21.6. The summed E-state index contributed by atoms with van der Waals surface area (Å²) in [7, 11) is 0. The maximum Gasteiger partial charge on any atom is 0.165 e. The lowest BCUT2D eigenvalue weighted by molar-refractivity contribution is 0.340. The number of rotatable bonds is 9. The Hall–Kier alpha value is -3.14. The molecule has 0 N–H and O–H groups in total. The van der Waals surface area contributed by atoms with Crippen molar-refractivity contribution in [2.24, 2.45) is 5.92 Å². The minimum Gasteiger partial charge on any atom is -0.494 e. The monoisotopic (exact) mass is 420 g/mol. The summed E-state index contributed by atoms with van der Waals surface area (Å²) in [6, 6.07) is 21.4. The molecule has 0 spiro atoms. The lowest BCUT2D eigenvalue weighted by atomic mass is 9.92. The van der Waals surface area contributed by atoms with Crippen LogP contribution in [0.4, 0.5) is 8.78 Å². The summed E-state index contributed by atoms with van der Waals surface area (Å²) in [5.41, 5.74) is 1.76. The summed E-state index contributed by atoms with van der Waals surface area (Å²) in [4.78, 5) is 0. The molecule has 1 fully saturated rings. The molecule has 2 nitrogen and oxygen atoms in total. The first-order valence-electron chi connectivity index (χ1n) is 10.7. The van der Waals surface area contributed by atoms with Crippen LogP contribution in [0.5, 0.6) is 17.2 Å². The van der Waals surface area contributed by atoms with Gasteiger partial charge in [0.05, 0.1) is 6.61 Å². The summed E-state index contributed by atoms with van der Waals surface area (Å²) >= 11 is 0. The van der Waals surface area contributed by atoms with Crippen LogP contribution in [0, 0.1) is 11.7 Å². The minimum absolute atomic E-state index is 0.137. The van der Waals surface area contributed by atoms with E-state index in [1.807, 2.05) is 49.4 Å². The summed E-state index contributed by atoms with van der Waals surface area (Å²) in [6.07, 6.45) is 4.05. The number of allylic oxidation sites excluding steroid dienone is 2. The van der Waals surface area contributed by atoms with Gasteiger partial charge in [0, 0.05) is 5.92 Å². The van der Waals surface area contributed by atoms with Crippen LogP contribution in [0.2, 0.25) is 0 Å². The third kappa shape index (κ3) is 5.52. The molecule has 1 aliphatic carbocycles. The highest BCUT2D eigenvalue weighted by Gasteiger charge is 2.35. The Morgan fingerprint density at radius 3 is 2.42 bits per heavy atom. The van der Waals surface area contributed by atoms with Crippen molar-refractivity contribution < 1.29 is 18.3 Å². The highest BCUT2D eigenvalue weighted by Crippen LogP contribution is 2.47. The number of hydrogen-bond donors (Lipinski definition) is 0. The molecule has 1 atom stereocenters. The van der Waals surface area contributed by atoms with Crippen LogP contribution >= 0.6 is 0 Å². The number of para-hydroxylation sites is 1. The molecule has 31 heavy (non-hydrogen) atoms. The molecule has 0 aromatic heterocycles. The summed E-state index contributed by atoms with van der Waals surface area (Å²) in [5.74, 6) is 1.01. The van der Waals surface area contributed by atoms with E-state index >= 15 is 4.39 Å². The highest BCUT2D eigenvalue weighted by molar-refractivity contribution is 5.37. The van der Waals surface area contributed by atoms with Gasteiger partial charge in [0.25, 0.3) is 0 Å². The van der Waals surface area contributed by atoms with Gasteiger partial charge < -0.3 is 9.47 Å². The number of hydrogen-bond acceptors (Lipinski definition) is 2. The maximum absolute atomic E-state index is 15.2. The van der Waals surface area contributed by atoms with Crippen LogP contribution in [0.1, 0.15) is 36.8 Å². The third-order valence-corrected chi connectivity index (χ3v) is 5.44. The van der Waals surface area contributed by atoms with Gasteiger partial charge in [0.15, 0.2) is 11.6 Å². The molecular formula is C27H26F2O2. The Labute approximate surface area is 182 Å². The second-order valence-electron chi connectivity index (χ2n) is 7.79. The van der Waals surface area contributed by atoms with Crippen LogP contribution in [-0.2, 0) is 6.42 Å². The Bertz CT molecular complexity index is 1020. The Morgan fingerprint density at radius 2 is 1.74 bits per heavy atom. The number of benzene rings is 3. The first kappa shape index (κ1) is 21.1. The van der Waals surface area contributed by atoms with Gasteiger partial charge in [0.2, 0.25) is 0 Å². The quantitative estimate of drug-likeness (QED) is 0.355. The SMILES string of the molecule is CCOc1ccc(C(/C(F)=C/Cc2ccc(F)c(Oc3ccccc3)c2)C2CC2)cc1. The molecule has 160 valence electrons. The largest absolute Gasteiger partial charge is 0.494 e. The van der Waals surface area contributed by atoms with Crippen LogP contribution in [0.3, 0.4) is 0 Å². The van der Waals surface area contributed by atoms with Gasteiger partial charge in [-0.3, -0.25) is 0 Å². The van der Waals surface area contributed by atoms with Crippen molar-refractivity contribution in [3.8, 4) is 17.2 Å². The molecule has 0 heterocycles. The van der Waals surface area contributed by atoms with Gasteiger partial charge in [-0.1, -0.05) is 36.4 Å². The Morgan fingerprint density at radius 1 is 1.00 bits per heavy atom. The molecule has 4 heteroatoms. The summed E-state index contributed by atoms with van der Waals surface area (Å²) in [5, 5.41) is 0. The van der Waals surface area contributed by atoms with Crippen LogP contribution in [-0.4, -0.2) is 6.61 Å². The van der Waals surface area contributed by atoms with Gasteiger partial charge >= 0.3 is 0 Å². The van der Waals surface area contributed by atoms with Crippen LogP contribution < -0.4 is 9.47 Å². The van der Waals surface area contributed by atoms with Crippen molar-refractivity contribution in [1.29, 1.82) is 0 Å². The standard InChI is InChI=1S/C27H26F2O2/c1-2-30-22-14-12-21(13-15-22)27(20-10-11-20)25(29)17-9-19-8-16-24(28)26(18-19)31-23-6-4-3-5-7-23/h3-8,12-18,20,27H,2,9-11H2,1H3/b25-17-. The first-order valence-corrected chi connectivity index (χ1v) is 10.7. The molecule has 1 aliphatic rings. The molecule has 3 aromatic carbocycles. The first-order chi connectivity index (χ1) is 15.1. The van der Waals surface area contributed by atoms with E-state index in [4.69, 9.17) is 9.47 Å². The fraction of sp³-hybridized carbons (Fsp3) is 0.259. The number of halogens is 2. The van der Waals surface area contributed by atoms with E-state index in [-0.39, 0.29) is 17.5 Å². The Kier molecular flexibility index (Phi) is 6.66. The molecule has 1 unspecified atom stereocenters. The van der Waals surface area contributed by atoms with E-state index in [1.54, 1.807) is 30.3 Å². The molecule has 0 aliphatic heterocycles. The summed E-state index contributed by atoms with van der Waals surface area (Å²) in [6.45, 7) is 2.54. The van der Waals surface area contributed by atoms with Crippen molar-refractivity contribution in [2.75, 3.05) is 6.61 Å². The molecular weight excluding hydrogens is 394 g/mol. The van der Waals surface area contributed by atoms with E-state index in [0.29, 0.717) is 24.7 Å². The van der Waals surface area contributed by atoms with Gasteiger partial charge in [0.1, 0.15) is 17.3 Å². The van der Waals surface area contributed by atoms with Crippen LogP contribution in [0.15, 0.2) is 84.7 Å². The molecule has 0 amide bonds. The van der Waals surface area contributed by atoms with Crippen molar-refractivity contribution in [3.63, 3.8) is 0 Å². The van der Waals surface area contributed by atoms with E-state index in [9.17, 15) is 4.39 Å². The van der Waals surface area contributed by atoms with Gasteiger partial charge in [-0.05, 0) is 85.7 Å². The molecule has 0 bridgehead atoms. The zero-order valence-corrected chi connectivity index (χ0v) is 17.6. The molecule has 3 aromatic rings. The fourth-order valence-corrected chi connectivity index (χ4v) is 3.73. The predicted octanol–water partition coefficient (Wildman–Crippen LogP) is 7.61. The van der Waals surface area contributed by atoms with Crippen LogP contribution in [0.25, 0.3) is 0 Å². The van der Waals surface area contributed by atoms with E-state index < -0.39 is 5.82 Å². The lowest BCUT2D eigenvalue weighted by Crippen LogP contribution is -2.03. The van der Waals surface area contributed by atoms with Gasteiger partial charge in [-0.25, -0.2) is 8.78 Å². The third-order valence-electron chi connectivity index (χ3n) is 5.44. The molecule has 0 radical (unpaired) electrons. The minimum atomic E-state index is -0.442.